The van der Waals surface area contributed by atoms with Crippen molar-refractivity contribution < 1.29 is 37.5 Å². The highest BCUT2D eigenvalue weighted by Gasteiger charge is 2.43. The summed E-state index contributed by atoms with van der Waals surface area (Å²) in [5, 5.41) is 0. The van der Waals surface area contributed by atoms with Gasteiger partial charge in [0.25, 0.3) is 0 Å². The minimum Gasteiger partial charge on any atom is -0.493 e. The lowest BCUT2D eigenvalue weighted by atomic mass is 9.87. The van der Waals surface area contributed by atoms with Crippen LogP contribution in [0, 0.1) is 13.8 Å². The largest absolute Gasteiger partial charge is 0.493 e. The van der Waals surface area contributed by atoms with E-state index in [1.807, 2.05) is 0 Å². The number of benzene rings is 2. The summed E-state index contributed by atoms with van der Waals surface area (Å²) < 4.78 is 23.4. The van der Waals surface area contributed by atoms with Gasteiger partial charge >= 0.3 is 0 Å². The van der Waals surface area contributed by atoms with Crippen LogP contribution in [0.15, 0.2) is 81.7 Å². The molecule has 0 N–H and O–H groups in total. The molecule has 0 amide bonds. The van der Waals surface area contributed by atoms with Gasteiger partial charge < -0.3 is 18.3 Å². The zero-order chi connectivity index (χ0) is 30.0. The maximum Gasteiger partial charge on any atom is 0.233 e. The van der Waals surface area contributed by atoms with E-state index in [1.54, 1.807) is 88.4 Å². The predicted molar refractivity (Wildman–Crippen MR) is 155 cm³/mol. The number of carbonyl (C=O) groups excluding carboxylic acids is 4. The minimum atomic E-state index is -0.608. The van der Waals surface area contributed by atoms with Crippen LogP contribution in [0.1, 0.15) is 89.4 Å². The van der Waals surface area contributed by atoms with Crippen molar-refractivity contribution in [2.24, 2.45) is 0 Å². The summed E-state index contributed by atoms with van der Waals surface area (Å²) in [6.45, 7) is 7.06. The Balaban J connectivity index is 1.62. The summed E-state index contributed by atoms with van der Waals surface area (Å²) in [5.41, 5.74) is 1.18. The van der Waals surface area contributed by atoms with Gasteiger partial charge in [0, 0.05) is 23.3 Å². The van der Waals surface area contributed by atoms with Gasteiger partial charge in [0.2, 0.25) is 11.6 Å². The fraction of sp³-hybridized carbons (Fsp3) is 0.176. The van der Waals surface area contributed by atoms with E-state index in [0.29, 0.717) is 11.1 Å². The molecule has 8 heteroatoms. The molecule has 8 nitrogen and oxygen atoms in total. The number of furan rings is 2. The summed E-state index contributed by atoms with van der Waals surface area (Å²) in [4.78, 5) is 53.9. The molecule has 0 bridgehead atoms. The van der Waals surface area contributed by atoms with E-state index in [9.17, 15) is 19.2 Å². The topological polar surface area (TPSA) is 113 Å². The third-order valence-corrected chi connectivity index (χ3v) is 6.77. The number of ether oxygens (including phenoxy) is 2. The van der Waals surface area contributed by atoms with Crippen LogP contribution in [-0.2, 0) is 9.47 Å². The van der Waals surface area contributed by atoms with Crippen LogP contribution in [0.2, 0.25) is 0 Å². The van der Waals surface area contributed by atoms with Crippen molar-refractivity contribution in [2.45, 2.75) is 27.7 Å². The van der Waals surface area contributed by atoms with Crippen LogP contribution in [0.5, 0.6) is 0 Å². The number of hydrogen-bond acceptors (Lipinski definition) is 8. The smallest absolute Gasteiger partial charge is 0.233 e. The average Bonchev–Trinajstić information content (AvgIpc) is 3.53. The second-order valence-corrected chi connectivity index (χ2v) is 9.48. The second-order valence-electron chi connectivity index (χ2n) is 9.48. The van der Waals surface area contributed by atoms with Crippen molar-refractivity contribution in [3.05, 3.63) is 129 Å². The van der Waals surface area contributed by atoms with Gasteiger partial charge in [-0.2, -0.15) is 0 Å². The van der Waals surface area contributed by atoms with E-state index in [2.05, 4.69) is 0 Å². The number of fused-ring (bicyclic) bond motifs is 2. The van der Waals surface area contributed by atoms with E-state index in [-0.39, 0.29) is 81.6 Å². The Morgan fingerprint density at radius 3 is 1.33 bits per heavy atom. The van der Waals surface area contributed by atoms with Gasteiger partial charge in [-0.25, -0.2) is 0 Å². The Hall–Kier alpha value is -5.24. The van der Waals surface area contributed by atoms with Crippen molar-refractivity contribution in [3.8, 4) is 0 Å². The first kappa shape index (κ1) is 28.3. The molecule has 0 radical (unpaired) electrons. The predicted octanol–water partition coefficient (Wildman–Crippen LogP) is 6.79. The van der Waals surface area contributed by atoms with Gasteiger partial charge in [-0.15, -0.1) is 0 Å². The molecule has 42 heavy (non-hydrogen) atoms. The van der Waals surface area contributed by atoms with Crippen molar-refractivity contribution in [1.29, 1.82) is 0 Å². The van der Waals surface area contributed by atoms with Crippen molar-refractivity contribution in [1.82, 2.24) is 0 Å². The van der Waals surface area contributed by atoms with Gasteiger partial charge in [0.15, 0.2) is 23.1 Å². The molecule has 2 heterocycles. The van der Waals surface area contributed by atoms with Gasteiger partial charge in [-0.05, 0) is 27.7 Å². The Labute approximate surface area is 242 Å². The van der Waals surface area contributed by atoms with Crippen molar-refractivity contribution in [3.63, 3.8) is 0 Å². The highest BCUT2D eigenvalue weighted by molar-refractivity contribution is 6.29. The molecule has 0 unspecified atom stereocenters. The number of hydrogen-bond donors (Lipinski definition) is 0. The summed E-state index contributed by atoms with van der Waals surface area (Å²) >= 11 is 0. The number of allylic oxidation sites excluding steroid dienone is 2. The summed E-state index contributed by atoms with van der Waals surface area (Å²) in [6, 6.07) is 17.2. The molecule has 212 valence electrons. The van der Waals surface area contributed by atoms with Gasteiger partial charge in [-0.1, -0.05) is 60.7 Å². The first-order valence-electron chi connectivity index (χ1n) is 13.5. The quantitative estimate of drug-likeness (QED) is 0.104. The zero-order valence-electron chi connectivity index (χ0n) is 23.6. The molecule has 0 spiro atoms. The lowest BCUT2D eigenvalue weighted by Gasteiger charge is -2.14. The number of rotatable bonds is 10. The SMILES string of the molecule is CCO/C(=C\C(=O)c1ccccc1)c1c(C)oc2c1C(=O)c1oc(C)c(/C(=C/C(=O)c3ccccc3)OCC)c1C2=O. The highest BCUT2D eigenvalue weighted by atomic mass is 16.5. The molecule has 0 fully saturated rings. The fourth-order valence-corrected chi connectivity index (χ4v) is 4.96. The monoisotopic (exact) mass is 564 g/mol. The van der Waals surface area contributed by atoms with Crippen molar-refractivity contribution >= 4 is 34.7 Å². The van der Waals surface area contributed by atoms with Crippen LogP contribution < -0.4 is 0 Å². The van der Waals surface area contributed by atoms with E-state index in [4.69, 9.17) is 18.3 Å². The molecular formula is C34H28O8. The second kappa shape index (κ2) is 11.7. The summed E-state index contributed by atoms with van der Waals surface area (Å²) in [6.07, 6.45) is 2.57. The van der Waals surface area contributed by atoms with Crippen LogP contribution in [0.25, 0.3) is 11.5 Å². The summed E-state index contributed by atoms with van der Waals surface area (Å²) in [5.74, 6) is -1.64. The molecule has 2 aromatic carbocycles. The molecule has 0 atom stereocenters. The van der Waals surface area contributed by atoms with Crippen LogP contribution in [0.4, 0.5) is 0 Å². The molecule has 0 saturated heterocycles. The maximum absolute atomic E-state index is 13.9. The Morgan fingerprint density at radius 2 is 1.00 bits per heavy atom. The van der Waals surface area contributed by atoms with Gasteiger partial charge in [0.1, 0.15) is 23.0 Å². The number of carbonyl (C=O) groups is 4. The van der Waals surface area contributed by atoms with Crippen LogP contribution >= 0.6 is 0 Å². The molecule has 0 saturated carbocycles. The molecule has 2 aromatic heterocycles. The van der Waals surface area contributed by atoms with E-state index in [0.717, 1.165) is 0 Å². The molecule has 1 aliphatic carbocycles. The Bertz CT molecular complexity index is 1630. The third-order valence-electron chi connectivity index (χ3n) is 6.77. The van der Waals surface area contributed by atoms with E-state index < -0.39 is 11.6 Å². The molecule has 4 aromatic rings. The minimum absolute atomic E-state index is 0.0480. The number of ketones is 4. The standard InChI is InChI=1S/C34H28O8/c1-5-39-25(17-23(35)21-13-9-7-10-14-21)27-19(3)41-33-29(27)31(37)34-30(32(33)38)28(20(4)42-34)26(40-6-2)18-24(36)22-15-11-8-12-16-22/h7-18H,5-6H2,1-4H3/b25-17-,26-18-. The van der Waals surface area contributed by atoms with Gasteiger partial charge in [-0.3, -0.25) is 19.2 Å². The van der Waals surface area contributed by atoms with Crippen LogP contribution in [0.3, 0.4) is 0 Å². The first-order chi connectivity index (χ1) is 20.3. The molecule has 5 rings (SSSR count). The zero-order valence-corrected chi connectivity index (χ0v) is 23.6. The van der Waals surface area contributed by atoms with Crippen molar-refractivity contribution in [2.75, 3.05) is 13.2 Å². The third kappa shape index (κ3) is 5.03. The van der Waals surface area contributed by atoms with E-state index in [1.165, 1.54) is 12.2 Å². The summed E-state index contributed by atoms with van der Waals surface area (Å²) in [7, 11) is 0. The molecule has 1 aliphatic rings. The first-order valence-corrected chi connectivity index (χ1v) is 13.5. The molecular weight excluding hydrogens is 536 g/mol. The lowest BCUT2D eigenvalue weighted by Crippen LogP contribution is -2.20. The number of aryl methyl sites for hydroxylation is 2. The van der Waals surface area contributed by atoms with E-state index >= 15 is 0 Å². The normalized spacial score (nSPS) is 13.0. The average molecular weight is 565 g/mol. The Kier molecular flexibility index (Phi) is 7.88. The van der Waals surface area contributed by atoms with Crippen LogP contribution in [-0.4, -0.2) is 36.3 Å². The fourth-order valence-electron chi connectivity index (χ4n) is 4.96. The lowest BCUT2D eigenvalue weighted by molar-refractivity contribution is 0.0942. The van der Waals surface area contributed by atoms with Gasteiger partial charge in [0.05, 0.1) is 35.5 Å². The molecule has 0 aliphatic heterocycles. The Morgan fingerprint density at radius 1 is 0.643 bits per heavy atom. The highest BCUT2D eigenvalue weighted by Crippen LogP contribution is 2.41. The maximum atomic E-state index is 13.9.